The van der Waals surface area contributed by atoms with Gasteiger partial charge in [0.25, 0.3) is 11.8 Å². The number of nitrogens with one attached hydrogen (secondary N) is 2. The fourth-order valence-corrected chi connectivity index (χ4v) is 5.04. The number of benzene rings is 1. The third-order valence-corrected chi connectivity index (χ3v) is 7.11. The first-order valence-corrected chi connectivity index (χ1v) is 12.2. The molecule has 0 saturated carbocycles. The minimum atomic E-state index is -0.446. The van der Waals surface area contributed by atoms with Crippen molar-refractivity contribution >= 4 is 51.8 Å². The number of halogens is 1. The number of pyridine rings is 1. The van der Waals surface area contributed by atoms with Gasteiger partial charge in [0.15, 0.2) is 0 Å². The van der Waals surface area contributed by atoms with Crippen LogP contribution in [0.2, 0.25) is 5.02 Å². The lowest BCUT2D eigenvalue weighted by Gasteiger charge is -2.03. The van der Waals surface area contributed by atoms with Crippen molar-refractivity contribution in [3.63, 3.8) is 0 Å². The fourth-order valence-electron chi connectivity index (χ4n) is 3.04. The van der Waals surface area contributed by atoms with Crippen molar-refractivity contribution in [3.8, 4) is 16.2 Å². The van der Waals surface area contributed by atoms with Crippen LogP contribution in [0, 0.1) is 0 Å². The Labute approximate surface area is 208 Å². The monoisotopic (exact) mass is 510 g/mol. The molecule has 3 aromatic heterocycles. The molecule has 4 rings (SSSR count). The van der Waals surface area contributed by atoms with Crippen LogP contribution >= 0.6 is 34.3 Å². The van der Waals surface area contributed by atoms with Crippen molar-refractivity contribution in [2.45, 2.75) is 13.5 Å². The van der Waals surface area contributed by atoms with Gasteiger partial charge in [0.05, 0.1) is 38.1 Å². The molecule has 0 aliphatic heterocycles. The van der Waals surface area contributed by atoms with Crippen molar-refractivity contribution in [3.05, 3.63) is 92.2 Å². The Kier molecular flexibility index (Phi) is 7.36. The number of rotatable bonds is 7. The second-order valence-electron chi connectivity index (χ2n) is 7.14. The first-order valence-electron chi connectivity index (χ1n) is 10.1. The van der Waals surface area contributed by atoms with Crippen LogP contribution in [0.15, 0.2) is 71.3 Å². The van der Waals surface area contributed by atoms with E-state index in [2.05, 4.69) is 20.8 Å². The van der Waals surface area contributed by atoms with Gasteiger partial charge in [-0.1, -0.05) is 29.8 Å². The number of aromatic nitrogens is 1. The number of thiophene rings is 2. The van der Waals surface area contributed by atoms with E-state index < -0.39 is 5.91 Å². The van der Waals surface area contributed by atoms with Gasteiger partial charge in [-0.3, -0.25) is 14.6 Å². The average molecular weight is 511 g/mol. The molecule has 0 fully saturated rings. The molecular weight excluding hydrogens is 492 g/mol. The Morgan fingerprint density at radius 1 is 1.09 bits per heavy atom. The van der Waals surface area contributed by atoms with Crippen LogP contribution in [-0.2, 0) is 6.54 Å². The summed E-state index contributed by atoms with van der Waals surface area (Å²) in [5.41, 5.74) is 4.98. The van der Waals surface area contributed by atoms with Gasteiger partial charge in [-0.15, -0.1) is 22.7 Å². The molecule has 34 heavy (non-hydrogen) atoms. The van der Waals surface area contributed by atoms with Gasteiger partial charge in [0, 0.05) is 16.6 Å². The van der Waals surface area contributed by atoms with Gasteiger partial charge in [-0.05, 0) is 48.9 Å². The van der Waals surface area contributed by atoms with Crippen LogP contribution in [0.25, 0.3) is 10.4 Å². The molecule has 3 heterocycles. The Balaban J connectivity index is 1.39. The highest BCUT2D eigenvalue weighted by Gasteiger charge is 2.17. The average Bonchev–Trinajstić information content (AvgIpc) is 3.49. The number of hydrogen-bond donors (Lipinski definition) is 3. The standard InChI is InChI=1S/C24H19ClN4O3S2/c1-14(18-13-33-22(21(18)30)15-5-4-6-16(25)11-15)28-29-24(32)20-9-8-19(34-20)23(31)27-12-17-7-2-3-10-26-17/h2-11,13,30H,12H2,1H3,(H,27,31)(H,29,32). The lowest BCUT2D eigenvalue weighted by atomic mass is 10.1. The van der Waals surface area contributed by atoms with E-state index in [0.717, 1.165) is 22.6 Å². The molecule has 0 aliphatic rings. The smallest absolute Gasteiger partial charge is 0.281 e. The van der Waals surface area contributed by atoms with Gasteiger partial charge in [-0.25, -0.2) is 5.43 Å². The zero-order valence-corrected chi connectivity index (χ0v) is 20.3. The molecule has 0 atom stereocenters. The molecule has 172 valence electrons. The van der Waals surface area contributed by atoms with E-state index in [9.17, 15) is 14.7 Å². The molecular formula is C24H19ClN4O3S2. The number of aromatic hydroxyl groups is 1. The first kappa shape index (κ1) is 23.6. The quantitative estimate of drug-likeness (QED) is 0.231. The number of hydrazone groups is 1. The van der Waals surface area contributed by atoms with E-state index in [1.165, 1.54) is 11.3 Å². The number of amides is 2. The predicted octanol–water partition coefficient (Wildman–Crippen LogP) is 5.31. The summed E-state index contributed by atoms with van der Waals surface area (Å²) in [5.74, 6) is -0.658. The summed E-state index contributed by atoms with van der Waals surface area (Å²) in [6.07, 6.45) is 1.66. The number of hydrogen-bond acceptors (Lipinski definition) is 7. The van der Waals surface area contributed by atoms with Crippen LogP contribution in [0.3, 0.4) is 0 Å². The van der Waals surface area contributed by atoms with Gasteiger partial charge in [0.1, 0.15) is 5.75 Å². The number of carbonyl (C=O) groups is 2. The molecule has 0 radical (unpaired) electrons. The van der Waals surface area contributed by atoms with Crippen LogP contribution in [0.1, 0.15) is 37.5 Å². The van der Waals surface area contributed by atoms with Gasteiger partial charge < -0.3 is 10.4 Å². The summed E-state index contributed by atoms with van der Waals surface area (Å²) in [7, 11) is 0. The van der Waals surface area contributed by atoms with Crippen LogP contribution in [0.5, 0.6) is 5.75 Å². The van der Waals surface area contributed by atoms with Crippen LogP contribution in [-0.4, -0.2) is 27.6 Å². The Bertz CT molecular complexity index is 1370. The fraction of sp³-hybridized carbons (Fsp3) is 0.0833. The molecule has 0 bridgehead atoms. The summed E-state index contributed by atoms with van der Waals surface area (Å²) in [6, 6.07) is 15.8. The third kappa shape index (κ3) is 5.51. The topological polar surface area (TPSA) is 104 Å². The van der Waals surface area contributed by atoms with E-state index >= 15 is 0 Å². The zero-order chi connectivity index (χ0) is 24.1. The SMILES string of the molecule is CC(=NNC(=O)c1ccc(C(=O)NCc2ccccn2)s1)c1csc(-c2cccc(Cl)c2)c1O. The molecule has 2 amide bonds. The largest absolute Gasteiger partial charge is 0.506 e. The molecule has 10 heteroatoms. The highest BCUT2D eigenvalue weighted by Crippen LogP contribution is 2.39. The third-order valence-electron chi connectivity index (χ3n) is 4.78. The maximum atomic E-state index is 12.5. The van der Waals surface area contributed by atoms with Crippen molar-refractivity contribution < 1.29 is 14.7 Å². The van der Waals surface area contributed by atoms with E-state index in [1.54, 1.807) is 48.8 Å². The molecule has 4 aromatic rings. The summed E-state index contributed by atoms with van der Waals surface area (Å²) in [6.45, 7) is 1.98. The lowest BCUT2D eigenvalue weighted by Crippen LogP contribution is -2.22. The van der Waals surface area contributed by atoms with E-state index in [4.69, 9.17) is 11.6 Å². The highest BCUT2D eigenvalue weighted by atomic mass is 35.5. The molecule has 0 unspecified atom stereocenters. The molecule has 3 N–H and O–H groups in total. The van der Waals surface area contributed by atoms with E-state index in [0.29, 0.717) is 37.5 Å². The molecule has 1 aromatic carbocycles. The lowest BCUT2D eigenvalue weighted by molar-refractivity contribution is 0.0949. The zero-order valence-electron chi connectivity index (χ0n) is 17.9. The predicted molar refractivity (Wildman–Crippen MR) is 136 cm³/mol. The second kappa shape index (κ2) is 10.6. The van der Waals surface area contributed by atoms with Crippen molar-refractivity contribution in [2.75, 3.05) is 0 Å². The van der Waals surface area contributed by atoms with Crippen LogP contribution < -0.4 is 10.7 Å². The Morgan fingerprint density at radius 2 is 1.88 bits per heavy atom. The maximum absolute atomic E-state index is 12.5. The van der Waals surface area contributed by atoms with Crippen molar-refractivity contribution in [1.82, 2.24) is 15.7 Å². The van der Waals surface area contributed by atoms with Gasteiger partial charge in [0.2, 0.25) is 0 Å². The van der Waals surface area contributed by atoms with E-state index in [-0.39, 0.29) is 11.7 Å². The molecule has 0 aliphatic carbocycles. The van der Waals surface area contributed by atoms with Crippen molar-refractivity contribution in [2.24, 2.45) is 5.10 Å². The molecule has 0 saturated heterocycles. The minimum Gasteiger partial charge on any atom is -0.506 e. The van der Waals surface area contributed by atoms with Crippen molar-refractivity contribution in [1.29, 1.82) is 0 Å². The summed E-state index contributed by atoms with van der Waals surface area (Å²) in [5, 5.41) is 19.9. The second-order valence-corrected chi connectivity index (χ2v) is 9.54. The summed E-state index contributed by atoms with van der Waals surface area (Å²) in [4.78, 5) is 30.5. The van der Waals surface area contributed by atoms with Gasteiger partial charge in [-0.2, -0.15) is 5.10 Å². The molecule has 0 spiro atoms. The minimum absolute atomic E-state index is 0.0748. The highest BCUT2D eigenvalue weighted by molar-refractivity contribution is 7.16. The normalized spacial score (nSPS) is 11.3. The Hall–Kier alpha value is -3.53. The summed E-state index contributed by atoms with van der Waals surface area (Å²) >= 11 is 8.47. The number of carbonyl (C=O) groups excluding carboxylic acids is 2. The maximum Gasteiger partial charge on any atom is 0.281 e. The van der Waals surface area contributed by atoms with Gasteiger partial charge >= 0.3 is 0 Å². The Morgan fingerprint density at radius 3 is 2.62 bits per heavy atom. The summed E-state index contributed by atoms with van der Waals surface area (Å²) < 4.78 is 0. The number of nitrogens with zero attached hydrogens (tertiary/aromatic N) is 2. The van der Waals surface area contributed by atoms with Crippen LogP contribution in [0.4, 0.5) is 0 Å². The van der Waals surface area contributed by atoms with E-state index in [1.807, 2.05) is 24.3 Å². The first-order chi connectivity index (χ1) is 16.4. The molecule has 7 nitrogen and oxygen atoms in total.